The van der Waals surface area contributed by atoms with Gasteiger partial charge in [0.15, 0.2) is 17.4 Å². The number of hydrogen-bond acceptors (Lipinski definition) is 3. The first kappa shape index (κ1) is 19.5. The molecular weight excluding hydrogens is 302 g/mol. The maximum Gasteiger partial charge on any atom is 0.223 e. The van der Waals surface area contributed by atoms with Crippen LogP contribution in [0.2, 0.25) is 0 Å². The van der Waals surface area contributed by atoms with Gasteiger partial charge in [0, 0.05) is 38.0 Å². The lowest BCUT2D eigenvalue weighted by Crippen LogP contribution is -2.39. The maximum atomic E-state index is 13.0. The minimum absolute atomic E-state index is 0. The van der Waals surface area contributed by atoms with E-state index in [9.17, 15) is 18.4 Å². The number of carbonyl (C=O) groups is 2. The summed E-state index contributed by atoms with van der Waals surface area (Å²) in [4.78, 5) is 25.0. The van der Waals surface area contributed by atoms with Gasteiger partial charge < -0.3 is 10.6 Å². The fourth-order valence-corrected chi connectivity index (χ4v) is 1.61. The fraction of sp³-hybridized carbons (Fsp3) is 0.429. The van der Waals surface area contributed by atoms with Gasteiger partial charge in [-0.1, -0.05) is 0 Å². The molecule has 4 nitrogen and oxygen atoms in total. The van der Waals surface area contributed by atoms with E-state index in [1.54, 1.807) is 14.0 Å². The van der Waals surface area contributed by atoms with Crippen LogP contribution >= 0.6 is 12.4 Å². The van der Waals surface area contributed by atoms with Crippen molar-refractivity contribution in [2.24, 2.45) is 5.73 Å². The van der Waals surface area contributed by atoms with Crippen molar-refractivity contribution in [1.82, 2.24) is 4.90 Å². The van der Waals surface area contributed by atoms with E-state index in [1.807, 2.05) is 0 Å². The summed E-state index contributed by atoms with van der Waals surface area (Å²) >= 11 is 0. The van der Waals surface area contributed by atoms with Gasteiger partial charge in [0.1, 0.15) is 0 Å². The first-order valence-electron chi connectivity index (χ1n) is 6.30. The smallest absolute Gasteiger partial charge is 0.223 e. The minimum Gasteiger partial charge on any atom is -0.342 e. The molecule has 0 bridgehead atoms. The molecule has 1 aromatic rings. The van der Waals surface area contributed by atoms with Crippen LogP contribution < -0.4 is 5.73 Å². The number of carbonyl (C=O) groups excluding carboxylic acids is 2. The van der Waals surface area contributed by atoms with Gasteiger partial charge in [0.2, 0.25) is 5.91 Å². The number of likely N-dealkylation sites (N-methyl/N-ethyl adjacent to an activating group) is 1. The van der Waals surface area contributed by atoms with Gasteiger partial charge in [-0.05, 0) is 25.1 Å². The number of nitrogens with zero attached hydrogens (tertiary/aromatic N) is 1. The number of benzene rings is 1. The molecule has 0 spiro atoms. The molecule has 2 N–H and O–H groups in total. The summed E-state index contributed by atoms with van der Waals surface area (Å²) in [5.74, 6) is -2.69. The molecule has 0 aromatic heterocycles. The third kappa shape index (κ3) is 5.40. The van der Waals surface area contributed by atoms with Gasteiger partial charge in [-0.2, -0.15) is 0 Å². The molecule has 0 heterocycles. The molecule has 0 radical (unpaired) electrons. The second kappa shape index (κ2) is 8.69. The van der Waals surface area contributed by atoms with Crippen molar-refractivity contribution in [3.8, 4) is 0 Å². The van der Waals surface area contributed by atoms with Crippen LogP contribution in [0.4, 0.5) is 8.78 Å². The van der Waals surface area contributed by atoms with E-state index in [1.165, 1.54) is 11.0 Å². The number of amides is 1. The van der Waals surface area contributed by atoms with Crippen LogP contribution in [0.3, 0.4) is 0 Å². The Morgan fingerprint density at radius 2 is 1.86 bits per heavy atom. The highest BCUT2D eigenvalue weighted by Crippen LogP contribution is 2.12. The number of ketones is 1. The minimum atomic E-state index is -1.07. The molecule has 1 atom stereocenters. The molecule has 0 aliphatic rings. The number of nitrogens with two attached hydrogens (primary N) is 1. The fourth-order valence-electron chi connectivity index (χ4n) is 1.61. The Hall–Kier alpha value is -1.53. The van der Waals surface area contributed by atoms with Crippen LogP contribution in [0.25, 0.3) is 0 Å². The molecular formula is C14H19ClF2N2O2. The molecule has 1 unspecified atom stereocenters. The lowest BCUT2D eigenvalue weighted by Gasteiger charge is -2.23. The van der Waals surface area contributed by atoms with Crippen molar-refractivity contribution >= 4 is 24.1 Å². The summed E-state index contributed by atoms with van der Waals surface area (Å²) < 4.78 is 25.8. The molecule has 0 saturated heterocycles. The van der Waals surface area contributed by atoms with Crippen molar-refractivity contribution < 1.29 is 18.4 Å². The summed E-state index contributed by atoms with van der Waals surface area (Å²) in [5.41, 5.74) is 5.51. The first-order valence-corrected chi connectivity index (χ1v) is 6.30. The molecule has 0 fully saturated rings. The number of halogens is 3. The zero-order valence-electron chi connectivity index (χ0n) is 11.9. The van der Waals surface area contributed by atoms with Crippen molar-refractivity contribution in [3.63, 3.8) is 0 Å². The predicted molar refractivity (Wildman–Crippen MR) is 78.5 cm³/mol. The van der Waals surface area contributed by atoms with Crippen LogP contribution in [0.5, 0.6) is 0 Å². The Morgan fingerprint density at radius 3 is 2.38 bits per heavy atom. The van der Waals surface area contributed by atoms with Gasteiger partial charge >= 0.3 is 0 Å². The van der Waals surface area contributed by atoms with Crippen molar-refractivity contribution in [2.45, 2.75) is 25.8 Å². The molecule has 1 amide bonds. The Bertz CT molecular complexity index is 512. The zero-order chi connectivity index (χ0) is 15.3. The van der Waals surface area contributed by atoms with Gasteiger partial charge in [0.25, 0.3) is 0 Å². The lowest BCUT2D eigenvalue weighted by atomic mass is 10.1. The molecule has 0 saturated carbocycles. The van der Waals surface area contributed by atoms with E-state index >= 15 is 0 Å². The number of hydrogen-bond donors (Lipinski definition) is 1. The average molecular weight is 321 g/mol. The number of Topliss-reactive ketones (excluding diaryl/α,β-unsaturated/α-hetero) is 1. The molecule has 0 aliphatic heterocycles. The van der Waals surface area contributed by atoms with Gasteiger partial charge in [-0.3, -0.25) is 9.59 Å². The second-order valence-corrected chi connectivity index (χ2v) is 4.64. The highest BCUT2D eigenvalue weighted by molar-refractivity contribution is 5.97. The van der Waals surface area contributed by atoms with Crippen LogP contribution in [0.15, 0.2) is 18.2 Å². The normalized spacial score (nSPS) is 11.5. The molecule has 1 rings (SSSR count). The average Bonchev–Trinajstić information content (AvgIpc) is 2.45. The summed E-state index contributed by atoms with van der Waals surface area (Å²) in [6.45, 7) is 2.13. The quantitative estimate of drug-likeness (QED) is 0.817. The van der Waals surface area contributed by atoms with Gasteiger partial charge in [-0.15, -0.1) is 12.4 Å². The van der Waals surface area contributed by atoms with Crippen molar-refractivity contribution in [1.29, 1.82) is 0 Å². The monoisotopic (exact) mass is 320 g/mol. The van der Waals surface area contributed by atoms with E-state index in [4.69, 9.17) is 5.73 Å². The summed E-state index contributed by atoms with van der Waals surface area (Å²) in [6, 6.07) is 2.83. The SMILES string of the molecule is CC(CN)N(C)C(=O)CCC(=O)c1ccc(F)c(F)c1.Cl. The van der Waals surface area contributed by atoms with E-state index < -0.39 is 17.4 Å². The van der Waals surface area contributed by atoms with Gasteiger partial charge in [-0.25, -0.2) is 8.78 Å². The third-order valence-corrected chi connectivity index (χ3v) is 3.20. The van der Waals surface area contributed by atoms with Crippen molar-refractivity contribution in [3.05, 3.63) is 35.4 Å². The second-order valence-electron chi connectivity index (χ2n) is 4.64. The van der Waals surface area contributed by atoms with Crippen LogP contribution in [-0.2, 0) is 4.79 Å². The molecule has 21 heavy (non-hydrogen) atoms. The van der Waals surface area contributed by atoms with Gasteiger partial charge in [0.05, 0.1) is 0 Å². The largest absolute Gasteiger partial charge is 0.342 e. The highest BCUT2D eigenvalue weighted by atomic mass is 35.5. The Balaban J connectivity index is 0.00000400. The predicted octanol–water partition coefficient (Wildman–Crippen LogP) is 2.16. The summed E-state index contributed by atoms with van der Waals surface area (Å²) in [6.07, 6.45) is -0.0375. The highest BCUT2D eigenvalue weighted by Gasteiger charge is 2.17. The molecule has 1 aromatic carbocycles. The maximum absolute atomic E-state index is 13.0. The summed E-state index contributed by atoms with van der Waals surface area (Å²) in [5, 5.41) is 0. The first-order chi connectivity index (χ1) is 9.36. The lowest BCUT2D eigenvalue weighted by molar-refractivity contribution is -0.131. The zero-order valence-corrected chi connectivity index (χ0v) is 12.8. The Morgan fingerprint density at radius 1 is 1.24 bits per heavy atom. The Kier molecular flexibility index (Phi) is 8.06. The molecule has 118 valence electrons. The molecule has 7 heteroatoms. The molecule has 0 aliphatic carbocycles. The third-order valence-electron chi connectivity index (χ3n) is 3.20. The topological polar surface area (TPSA) is 63.4 Å². The van der Waals surface area contributed by atoms with Crippen LogP contribution in [-0.4, -0.2) is 36.2 Å². The number of rotatable bonds is 6. The van der Waals surface area contributed by atoms with E-state index in [0.717, 1.165) is 12.1 Å². The van der Waals surface area contributed by atoms with E-state index in [0.29, 0.717) is 6.54 Å². The standard InChI is InChI=1S/C14H18F2N2O2.ClH/c1-9(8-17)18(2)14(20)6-5-13(19)10-3-4-11(15)12(16)7-10;/h3-4,7,9H,5-6,8,17H2,1-2H3;1H. The van der Waals surface area contributed by atoms with Crippen LogP contribution in [0, 0.1) is 11.6 Å². The van der Waals surface area contributed by atoms with Crippen molar-refractivity contribution in [2.75, 3.05) is 13.6 Å². The van der Waals surface area contributed by atoms with Crippen LogP contribution in [0.1, 0.15) is 30.1 Å². The summed E-state index contributed by atoms with van der Waals surface area (Å²) in [7, 11) is 1.61. The van der Waals surface area contributed by atoms with E-state index in [-0.39, 0.29) is 42.8 Å². The van der Waals surface area contributed by atoms with E-state index in [2.05, 4.69) is 0 Å². The Labute approximate surface area is 128 Å².